The number of fused-ring (bicyclic) bond motifs is 3. The Morgan fingerprint density at radius 3 is 2.66 bits per heavy atom. The SMILES string of the molecule is CCC1c2nncn2-c2cnc(-n3ccnc3-c3ccccc3)nc2N1c1ccn(C)n1. The predicted molar refractivity (Wildman–Crippen MR) is 118 cm³/mol. The molecule has 0 radical (unpaired) electrons. The standard InChI is InChI=1S/C22H20N10/c1-3-16-21-27-25-14-31(21)17-13-24-22(26-20(17)32(16)18-9-11-29(2)28-18)30-12-10-23-19(30)15-7-5-4-6-8-15/h4-14,16H,3H2,1-2H3. The maximum Gasteiger partial charge on any atom is 0.237 e. The van der Waals surface area contributed by atoms with E-state index in [1.165, 1.54) is 0 Å². The molecule has 5 heterocycles. The lowest BCUT2D eigenvalue weighted by Crippen LogP contribution is -2.32. The first-order chi connectivity index (χ1) is 15.7. The Labute approximate surface area is 183 Å². The summed E-state index contributed by atoms with van der Waals surface area (Å²) in [5.74, 6) is 3.71. The molecule has 10 nitrogen and oxygen atoms in total. The monoisotopic (exact) mass is 424 g/mol. The number of imidazole rings is 1. The number of hydrogen-bond donors (Lipinski definition) is 0. The minimum atomic E-state index is -0.0565. The molecule has 0 amide bonds. The van der Waals surface area contributed by atoms with Crippen molar-refractivity contribution in [2.45, 2.75) is 19.4 Å². The van der Waals surface area contributed by atoms with Crippen molar-refractivity contribution in [3.8, 4) is 23.0 Å². The van der Waals surface area contributed by atoms with Gasteiger partial charge in [0, 0.05) is 37.3 Å². The van der Waals surface area contributed by atoms with Gasteiger partial charge >= 0.3 is 0 Å². The third kappa shape index (κ3) is 2.73. The third-order valence-corrected chi connectivity index (χ3v) is 5.63. The maximum absolute atomic E-state index is 5.00. The topological polar surface area (TPSA) is 95.4 Å². The first-order valence-electron chi connectivity index (χ1n) is 10.4. The van der Waals surface area contributed by atoms with E-state index >= 15 is 0 Å². The predicted octanol–water partition coefficient (Wildman–Crippen LogP) is 3.25. The zero-order valence-electron chi connectivity index (χ0n) is 17.6. The number of hydrogen-bond acceptors (Lipinski definition) is 7. The summed E-state index contributed by atoms with van der Waals surface area (Å²) in [7, 11) is 1.90. The van der Waals surface area contributed by atoms with E-state index in [1.807, 2.05) is 65.0 Å². The molecule has 0 saturated heterocycles. The van der Waals surface area contributed by atoms with Crippen LogP contribution in [0.3, 0.4) is 0 Å². The first-order valence-corrected chi connectivity index (χ1v) is 10.4. The molecule has 0 fully saturated rings. The van der Waals surface area contributed by atoms with Crippen molar-refractivity contribution >= 4 is 11.6 Å². The van der Waals surface area contributed by atoms with Crippen molar-refractivity contribution in [1.29, 1.82) is 0 Å². The summed E-state index contributed by atoms with van der Waals surface area (Å²) in [5, 5.41) is 13.2. The highest BCUT2D eigenvalue weighted by Gasteiger charge is 2.36. The molecule has 5 aromatic rings. The van der Waals surface area contributed by atoms with Crippen LogP contribution in [0.25, 0.3) is 23.0 Å². The van der Waals surface area contributed by atoms with Gasteiger partial charge in [0.05, 0.1) is 12.2 Å². The van der Waals surface area contributed by atoms with Gasteiger partial charge in [-0.3, -0.25) is 18.7 Å². The second-order valence-electron chi connectivity index (χ2n) is 7.57. The fraction of sp³-hybridized carbons (Fsp3) is 0.182. The van der Waals surface area contributed by atoms with Crippen LogP contribution in [0, 0.1) is 0 Å². The van der Waals surface area contributed by atoms with Gasteiger partial charge in [-0.2, -0.15) is 10.1 Å². The molecule has 0 N–H and O–H groups in total. The zero-order chi connectivity index (χ0) is 21.7. The number of rotatable bonds is 4. The van der Waals surface area contributed by atoms with Gasteiger partial charge in [0.15, 0.2) is 17.5 Å². The molecular weight excluding hydrogens is 404 g/mol. The molecular formula is C22H20N10. The van der Waals surface area contributed by atoms with Crippen LogP contribution in [-0.4, -0.2) is 44.1 Å². The third-order valence-electron chi connectivity index (χ3n) is 5.63. The number of benzene rings is 1. The molecule has 10 heteroatoms. The van der Waals surface area contributed by atoms with Crippen molar-refractivity contribution in [2.75, 3.05) is 4.90 Å². The van der Waals surface area contributed by atoms with Crippen molar-refractivity contribution < 1.29 is 0 Å². The number of anilines is 2. The van der Waals surface area contributed by atoms with Gasteiger partial charge in [0.25, 0.3) is 0 Å². The highest BCUT2D eigenvalue weighted by atomic mass is 15.4. The van der Waals surface area contributed by atoms with Gasteiger partial charge in [-0.25, -0.2) is 9.97 Å². The summed E-state index contributed by atoms with van der Waals surface area (Å²) in [6, 6.07) is 11.9. The van der Waals surface area contributed by atoms with E-state index in [4.69, 9.17) is 4.98 Å². The van der Waals surface area contributed by atoms with E-state index in [-0.39, 0.29) is 6.04 Å². The van der Waals surface area contributed by atoms with Gasteiger partial charge in [-0.15, -0.1) is 10.2 Å². The highest BCUT2D eigenvalue weighted by Crippen LogP contribution is 2.42. The Bertz CT molecular complexity index is 1400. The van der Waals surface area contributed by atoms with Gasteiger partial charge < -0.3 is 0 Å². The van der Waals surface area contributed by atoms with Crippen molar-refractivity contribution in [3.63, 3.8) is 0 Å². The van der Waals surface area contributed by atoms with Crippen LogP contribution < -0.4 is 4.90 Å². The molecule has 1 aliphatic rings. The minimum absolute atomic E-state index is 0.0565. The fourth-order valence-electron chi connectivity index (χ4n) is 4.17. The van der Waals surface area contributed by atoms with E-state index in [0.717, 1.165) is 41.0 Å². The number of aromatic nitrogens is 9. The molecule has 1 aliphatic heterocycles. The van der Waals surface area contributed by atoms with Crippen molar-refractivity contribution in [3.05, 3.63) is 73.3 Å². The van der Waals surface area contributed by atoms with Crippen LogP contribution in [0.2, 0.25) is 0 Å². The average molecular weight is 424 g/mol. The second kappa shape index (κ2) is 7.12. The fourth-order valence-corrected chi connectivity index (χ4v) is 4.17. The van der Waals surface area contributed by atoms with Crippen molar-refractivity contribution in [2.24, 2.45) is 7.05 Å². The molecule has 0 spiro atoms. The lowest BCUT2D eigenvalue weighted by Gasteiger charge is -2.35. The van der Waals surface area contributed by atoms with Crippen LogP contribution in [0.15, 0.2) is 67.5 Å². The summed E-state index contributed by atoms with van der Waals surface area (Å²) < 4.78 is 5.64. The summed E-state index contributed by atoms with van der Waals surface area (Å²) in [5.41, 5.74) is 1.80. The normalized spacial score (nSPS) is 14.9. The van der Waals surface area contributed by atoms with E-state index in [1.54, 1.807) is 23.4 Å². The lowest BCUT2D eigenvalue weighted by molar-refractivity contribution is 0.580. The van der Waals surface area contributed by atoms with E-state index < -0.39 is 0 Å². The van der Waals surface area contributed by atoms with Crippen molar-refractivity contribution in [1.82, 2.24) is 44.1 Å². The molecule has 32 heavy (non-hydrogen) atoms. The first kappa shape index (κ1) is 18.4. The van der Waals surface area contributed by atoms with Gasteiger partial charge in [-0.05, 0) is 6.42 Å². The van der Waals surface area contributed by atoms with Crippen LogP contribution in [0.5, 0.6) is 0 Å². The Morgan fingerprint density at radius 2 is 1.88 bits per heavy atom. The summed E-state index contributed by atoms with van der Waals surface area (Å²) in [4.78, 5) is 16.3. The second-order valence-corrected chi connectivity index (χ2v) is 7.57. The molecule has 1 atom stereocenters. The van der Waals surface area contributed by atoms with Crippen LogP contribution in [-0.2, 0) is 7.05 Å². The maximum atomic E-state index is 5.00. The molecule has 158 valence electrons. The Hall–Kier alpha value is -4.34. The van der Waals surface area contributed by atoms with Gasteiger partial charge in [0.2, 0.25) is 5.95 Å². The summed E-state index contributed by atoms with van der Waals surface area (Å²) in [6.45, 7) is 2.12. The van der Waals surface area contributed by atoms with Crippen LogP contribution >= 0.6 is 0 Å². The largest absolute Gasteiger partial charge is 0.297 e. The molecule has 0 aliphatic carbocycles. The molecule has 1 unspecified atom stereocenters. The van der Waals surface area contributed by atoms with Gasteiger partial charge in [0.1, 0.15) is 17.8 Å². The smallest absolute Gasteiger partial charge is 0.237 e. The molecule has 0 saturated carbocycles. The average Bonchev–Trinajstić information content (AvgIpc) is 3.59. The number of nitrogens with zero attached hydrogens (tertiary/aromatic N) is 10. The summed E-state index contributed by atoms with van der Waals surface area (Å²) >= 11 is 0. The Morgan fingerprint density at radius 1 is 1.00 bits per heavy atom. The van der Waals surface area contributed by atoms with E-state index in [9.17, 15) is 0 Å². The van der Waals surface area contributed by atoms with E-state index in [0.29, 0.717) is 5.95 Å². The summed E-state index contributed by atoms with van der Waals surface area (Å²) in [6.07, 6.45) is 9.89. The minimum Gasteiger partial charge on any atom is -0.297 e. The Balaban J connectivity index is 1.55. The Kier molecular flexibility index (Phi) is 4.10. The number of aryl methyl sites for hydroxylation is 1. The molecule has 6 rings (SSSR count). The highest BCUT2D eigenvalue weighted by molar-refractivity contribution is 5.70. The van der Waals surface area contributed by atoms with Crippen LogP contribution in [0.1, 0.15) is 25.2 Å². The van der Waals surface area contributed by atoms with E-state index in [2.05, 4.69) is 37.1 Å². The zero-order valence-corrected chi connectivity index (χ0v) is 17.6. The van der Waals surface area contributed by atoms with Crippen LogP contribution in [0.4, 0.5) is 11.6 Å². The quantitative estimate of drug-likeness (QED) is 0.437. The molecule has 4 aromatic heterocycles. The van der Waals surface area contributed by atoms with Gasteiger partial charge in [-0.1, -0.05) is 37.3 Å². The molecule has 1 aromatic carbocycles. The lowest BCUT2D eigenvalue weighted by atomic mass is 10.1. The molecule has 0 bridgehead atoms.